The van der Waals surface area contributed by atoms with Gasteiger partial charge >= 0.3 is 39.5 Å². The third-order valence-electron chi connectivity index (χ3n) is 16.5. The molecular formula is C71H138O17P2. The summed E-state index contributed by atoms with van der Waals surface area (Å²) in [5.74, 6) is -0.660. The summed E-state index contributed by atoms with van der Waals surface area (Å²) in [6.07, 6.45) is 49.2. The average molecular weight is 1330 g/mol. The molecule has 0 aromatic carbocycles. The molecule has 0 aliphatic heterocycles. The van der Waals surface area contributed by atoms with E-state index in [9.17, 15) is 43.2 Å². The number of hydrogen-bond donors (Lipinski definition) is 3. The molecule has 0 radical (unpaired) electrons. The van der Waals surface area contributed by atoms with Gasteiger partial charge in [-0.25, -0.2) is 9.13 Å². The Labute approximate surface area is 549 Å². The number of ether oxygens (including phenoxy) is 4. The first-order valence-electron chi connectivity index (χ1n) is 37.0. The molecule has 0 fully saturated rings. The van der Waals surface area contributed by atoms with Crippen molar-refractivity contribution in [1.82, 2.24) is 0 Å². The zero-order valence-electron chi connectivity index (χ0n) is 58.4. The van der Waals surface area contributed by atoms with Gasteiger partial charge in [0.2, 0.25) is 0 Å². The summed E-state index contributed by atoms with van der Waals surface area (Å²) in [5, 5.41) is 10.6. The van der Waals surface area contributed by atoms with Crippen LogP contribution in [0.1, 0.15) is 363 Å². The summed E-state index contributed by atoms with van der Waals surface area (Å²) in [5.41, 5.74) is 0. The minimum atomic E-state index is -4.95. The highest BCUT2D eigenvalue weighted by molar-refractivity contribution is 7.47. The summed E-state index contributed by atoms with van der Waals surface area (Å²) in [7, 11) is -9.89. The van der Waals surface area contributed by atoms with E-state index in [1.165, 1.54) is 173 Å². The lowest BCUT2D eigenvalue weighted by Crippen LogP contribution is -2.30. The first kappa shape index (κ1) is 88.1. The molecule has 3 N–H and O–H groups in total. The van der Waals surface area contributed by atoms with Gasteiger partial charge in [0, 0.05) is 25.7 Å². The first-order valence-corrected chi connectivity index (χ1v) is 40.0. The van der Waals surface area contributed by atoms with Gasteiger partial charge in [-0.1, -0.05) is 311 Å². The van der Waals surface area contributed by atoms with Crippen LogP contribution in [0.2, 0.25) is 0 Å². The van der Waals surface area contributed by atoms with E-state index in [1.807, 2.05) is 0 Å². The molecule has 0 spiro atoms. The number of carbonyl (C=O) groups excluding carboxylic acids is 4. The Morgan fingerprint density at radius 1 is 0.300 bits per heavy atom. The fourth-order valence-electron chi connectivity index (χ4n) is 10.8. The van der Waals surface area contributed by atoms with Crippen LogP contribution in [-0.2, 0) is 65.4 Å². The van der Waals surface area contributed by atoms with Crippen LogP contribution in [0.3, 0.4) is 0 Å². The van der Waals surface area contributed by atoms with Gasteiger partial charge < -0.3 is 33.8 Å². The van der Waals surface area contributed by atoms with E-state index < -0.39 is 97.5 Å². The van der Waals surface area contributed by atoms with Crippen molar-refractivity contribution >= 4 is 39.5 Å². The number of aliphatic hydroxyl groups excluding tert-OH is 1. The van der Waals surface area contributed by atoms with Crippen LogP contribution in [-0.4, -0.2) is 96.7 Å². The molecule has 5 atom stereocenters. The van der Waals surface area contributed by atoms with Crippen LogP contribution >= 0.6 is 15.6 Å². The Morgan fingerprint density at radius 2 is 0.511 bits per heavy atom. The second kappa shape index (κ2) is 63.1. The summed E-state index contributed by atoms with van der Waals surface area (Å²) in [6.45, 7) is 9.41. The van der Waals surface area contributed by atoms with E-state index in [0.29, 0.717) is 25.7 Å². The van der Waals surface area contributed by atoms with Crippen molar-refractivity contribution in [3.63, 3.8) is 0 Å². The molecule has 0 aliphatic rings. The summed E-state index contributed by atoms with van der Waals surface area (Å²) in [6, 6.07) is 0. The molecule has 0 aromatic heterocycles. The Morgan fingerprint density at radius 3 is 0.756 bits per heavy atom. The number of rotatable bonds is 70. The molecule has 0 amide bonds. The minimum Gasteiger partial charge on any atom is -0.462 e. The highest BCUT2D eigenvalue weighted by atomic mass is 31.2. The van der Waals surface area contributed by atoms with Gasteiger partial charge in [-0.2, -0.15) is 0 Å². The number of hydrogen-bond acceptors (Lipinski definition) is 15. The number of esters is 4. The predicted molar refractivity (Wildman–Crippen MR) is 363 cm³/mol. The van der Waals surface area contributed by atoms with Crippen molar-refractivity contribution < 1.29 is 80.2 Å². The highest BCUT2D eigenvalue weighted by Gasteiger charge is 2.30. The van der Waals surface area contributed by atoms with Gasteiger partial charge in [-0.15, -0.1) is 0 Å². The van der Waals surface area contributed by atoms with E-state index in [4.69, 9.17) is 37.0 Å². The fourth-order valence-corrected chi connectivity index (χ4v) is 12.3. The monoisotopic (exact) mass is 1320 g/mol. The first-order chi connectivity index (χ1) is 43.4. The maximum absolute atomic E-state index is 13.0. The Bertz CT molecular complexity index is 1750. The number of phosphoric ester groups is 2. The van der Waals surface area contributed by atoms with Crippen molar-refractivity contribution in [2.24, 2.45) is 11.8 Å². The van der Waals surface area contributed by atoms with Gasteiger partial charge in [0.05, 0.1) is 26.4 Å². The van der Waals surface area contributed by atoms with E-state index in [0.717, 1.165) is 108 Å². The second-order valence-corrected chi connectivity index (χ2v) is 29.5. The van der Waals surface area contributed by atoms with Gasteiger partial charge in [0.1, 0.15) is 19.3 Å². The molecule has 0 saturated heterocycles. The molecule has 0 bridgehead atoms. The van der Waals surface area contributed by atoms with Crippen molar-refractivity contribution in [2.75, 3.05) is 39.6 Å². The topological polar surface area (TPSA) is 237 Å². The lowest BCUT2D eigenvalue weighted by atomic mass is 10.0. The van der Waals surface area contributed by atoms with E-state index >= 15 is 0 Å². The van der Waals surface area contributed by atoms with Crippen LogP contribution in [0, 0.1) is 11.8 Å². The zero-order valence-corrected chi connectivity index (χ0v) is 60.2. The summed E-state index contributed by atoms with van der Waals surface area (Å²) >= 11 is 0. The molecule has 90 heavy (non-hydrogen) atoms. The van der Waals surface area contributed by atoms with Crippen molar-refractivity contribution in [3.8, 4) is 0 Å². The van der Waals surface area contributed by atoms with Crippen LogP contribution < -0.4 is 0 Å². The fraction of sp³-hybridized carbons (Fsp3) is 0.944. The number of unbranched alkanes of at least 4 members (excludes halogenated alkanes) is 40. The lowest BCUT2D eigenvalue weighted by Gasteiger charge is -2.21. The van der Waals surface area contributed by atoms with Gasteiger partial charge in [-0.3, -0.25) is 37.3 Å². The standard InChI is InChI=1S/C71H138O17P2/c1-7-9-11-13-14-15-16-17-18-19-20-21-22-23-24-25-26-31-37-43-49-55-70(75)88-67(60-82-69(74)54-48-42-36-30-28-27-29-34-40-45-51-63(3)4)62-86-90(79,80)84-58-65(72)57-83-89(77,78)85-61-66(59-81-68(73)53-47-39-12-10-8-2)87-71(76)56-50-44-38-33-32-35-41-46-52-64(5)6/h63-67,72H,7-62H2,1-6H3,(H,77,78)(H,79,80)/t65-,66+,67+/m0/s1. The summed E-state index contributed by atoms with van der Waals surface area (Å²) in [4.78, 5) is 72.3. The smallest absolute Gasteiger partial charge is 0.462 e. The summed E-state index contributed by atoms with van der Waals surface area (Å²) < 4.78 is 68.1. The Balaban J connectivity index is 5.11. The van der Waals surface area contributed by atoms with Crippen LogP contribution in [0.15, 0.2) is 0 Å². The number of aliphatic hydroxyl groups is 1. The molecule has 534 valence electrons. The Hall–Kier alpha value is -1.94. The molecule has 0 aliphatic carbocycles. The van der Waals surface area contributed by atoms with Crippen LogP contribution in [0.25, 0.3) is 0 Å². The molecule has 0 rings (SSSR count). The third kappa shape index (κ3) is 64.8. The van der Waals surface area contributed by atoms with E-state index in [-0.39, 0.29) is 25.7 Å². The van der Waals surface area contributed by atoms with E-state index in [2.05, 4.69) is 41.5 Å². The van der Waals surface area contributed by atoms with Gasteiger partial charge in [0.25, 0.3) is 0 Å². The minimum absolute atomic E-state index is 0.104. The number of carbonyl (C=O) groups is 4. The quantitative estimate of drug-likeness (QED) is 0.0222. The maximum atomic E-state index is 13.0. The lowest BCUT2D eigenvalue weighted by molar-refractivity contribution is -0.161. The SMILES string of the molecule is CCCCCCCCCCCCCCCCCCCCCCCC(=O)O[C@H](COC(=O)CCCCCCCCCCCCC(C)C)COP(=O)(O)OC[C@@H](O)COP(=O)(O)OC[C@@H](COC(=O)CCCCCCC)OC(=O)CCCCCCCCCCC(C)C. The zero-order chi connectivity index (χ0) is 66.5. The normalized spacial score (nSPS) is 14.1. The predicted octanol–water partition coefficient (Wildman–Crippen LogP) is 20.4. The molecule has 19 heteroatoms. The average Bonchev–Trinajstić information content (AvgIpc) is 2.95. The van der Waals surface area contributed by atoms with E-state index in [1.54, 1.807) is 0 Å². The van der Waals surface area contributed by atoms with Crippen LogP contribution in [0.5, 0.6) is 0 Å². The van der Waals surface area contributed by atoms with Gasteiger partial charge in [0.15, 0.2) is 12.2 Å². The maximum Gasteiger partial charge on any atom is 0.472 e. The molecule has 17 nitrogen and oxygen atoms in total. The van der Waals surface area contributed by atoms with Crippen molar-refractivity contribution in [2.45, 2.75) is 381 Å². The van der Waals surface area contributed by atoms with Gasteiger partial charge in [-0.05, 0) is 37.5 Å². The highest BCUT2D eigenvalue weighted by Crippen LogP contribution is 2.45. The molecule has 0 heterocycles. The molecule has 2 unspecified atom stereocenters. The second-order valence-electron chi connectivity index (χ2n) is 26.6. The molecule has 0 saturated carbocycles. The van der Waals surface area contributed by atoms with Crippen molar-refractivity contribution in [1.29, 1.82) is 0 Å². The van der Waals surface area contributed by atoms with Crippen molar-refractivity contribution in [3.05, 3.63) is 0 Å². The molecule has 0 aromatic rings. The third-order valence-corrected chi connectivity index (χ3v) is 18.4. The largest absolute Gasteiger partial charge is 0.472 e. The molecular weight excluding hydrogens is 1190 g/mol. The van der Waals surface area contributed by atoms with Crippen LogP contribution in [0.4, 0.5) is 0 Å². The number of phosphoric acid groups is 2. The Kier molecular flexibility index (Phi) is 61.8.